The summed E-state index contributed by atoms with van der Waals surface area (Å²) in [6.07, 6.45) is 5.66. The molecule has 0 radical (unpaired) electrons. The van der Waals surface area contributed by atoms with Crippen LogP contribution >= 0.6 is 11.6 Å². The van der Waals surface area contributed by atoms with Crippen molar-refractivity contribution < 1.29 is 0 Å². The third-order valence-electron chi connectivity index (χ3n) is 4.86. The van der Waals surface area contributed by atoms with E-state index >= 15 is 0 Å². The highest BCUT2D eigenvalue weighted by Crippen LogP contribution is 2.36. The topological polar surface area (TPSA) is 24.9 Å². The molecule has 0 spiro atoms. The van der Waals surface area contributed by atoms with Gasteiger partial charge in [-0.2, -0.15) is 0 Å². The number of halogens is 1. The van der Waals surface area contributed by atoms with E-state index in [0.717, 1.165) is 40.9 Å². The van der Waals surface area contributed by atoms with Crippen molar-refractivity contribution in [1.82, 2.24) is 4.98 Å². The molecule has 0 atom stereocenters. The van der Waals surface area contributed by atoms with Crippen molar-refractivity contribution in [3.8, 4) is 0 Å². The van der Waals surface area contributed by atoms with E-state index in [9.17, 15) is 0 Å². The lowest BCUT2D eigenvalue weighted by Crippen LogP contribution is -2.09. The lowest BCUT2D eigenvalue weighted by molar-refractivity contribution is 0.672. The van der Waals surface area contributed by atoms with Gasteiger partial charge in [-0.05, 0) is 73.6 Å². The maximum Gasteiger partial charge on any atom is 0.0741 e. The van der Waals surface area contributed by atoms with Gasteiger partial charge < -0.3 is 5.32 Å². The Kier molecular flexibility index (Phi) is 4.15. The second kappa shape index (κ2) is 6.45. The molecular formula is C21H21ClN2. The predicted molar refractivity (Wildman–Crippen MR) is 102 cm³/mol. The molecule has 3 aromatic rings. The van der Waals surface area contributed by atoms with Crippen molar-refractivity contribution in [2.24, 2.45) is 0 Å². The summed E-state index contributed by atoms with van der Waals surface area (Å²) in [7, 11) is 0. The van der Waals surface area contributed by atoms with Crippen LogP contribution in [0.2, 0.25) is 5.02 Å². The fourth-order valence-electron chi connectivity index (χ4n) is 3.51. The molecule has 122 valence electrons. The van der Waals surface area contributed by atoms with E-state index < -0.39 is 0 Å². The predicted octanol–water partition coefficient (Wildman–Crippen LogP) is 6.07. The van der Waals surface area contributed by atoms with Crippen molar-refractivity contribution in [1.29, 1.82) is 0 Å². The first kappa shape index (κ1) is 15.5. The van der Waals surface area contributed by atoms with Crippen molar-refractivity contribution in [3.05, 3.63) is 64.3 Å². The molecule has 24 heavy (non-hydrogen) atoms. The molecule has 0 aliphatic heterocycles. The molecule has 1 N–H and O–H groups in total. The Morgan fingerprint density at radius 1 is 1.04 bits per heavy atom. The van der Waals surface area contributed by atoms with E-state index in [2.05, 4.69) is 42.6 Å². The van der Waals surface area contributed by atoms with Crippen molar-refractivity contribution >= 4 is 33.9 Å². The van der Waals surface area contributed by atoms with E-state index in [4.69, 9.17) is 16.6 Å². The second-order valence-corrected chi connectivity index (χ2v) is 6.89. The van der Waals surface area contributed by atoms with Crippen LogP contribution in [0.15, 0.2) is 42.5 Å². The molecule has 0 bridgehead atoms. The number of hydrogen-bond acceptors (Lipinski definition) is 2. The Morgan fingerprint density at radius 2 is 1.83 bits per heavy atom. The summed E-state index contributed by atoms with van der Waals surface area (Å²) in [5, 5.41) is 5.55. The molecule has 0 unspecified atom stereocenters. The van der Waals surface area contributed by atoms with Gasteiger partial charge in [0.05, 0.1) is 11.2 Å². The normalized spacial score (nSPS) is 13.8. The quantitative estimate of drug-likeness (QED) is 0.627. The third-order valence-corrected chi connectivity index (χ3v) is 5.09. The minimum Gasteiger partial charge on any atom is -0.355 e. The van der Waals surface area contributed by atoms with Crippen LogP contribution in [0.1, 0.15) is 36.6 Å². The van der Waals surface area contributed by atoms with Gasteiger partial charge in [0, 0.05) is 21.8 Å². The molecule has 1 aliphatic carbocycles. The fourth-order valence-corrected chi connectivity index (χ4v) is 3.68. The number of aryl methyl sites for hydroxylation is 2. The SMILES string of the molecule is CCc1ccc(Nc2c3c(nc4cc(Cl)ccc24)CCCC3)cc1. The molecule has 0 saturated heterocycles. The van der Waals surface area contributed by atoms with Gasteiger partial charge in [-0.1, -0.05) is 30.7 Å². The molecule has 1 aliphatic rings. The van der Waals surface area contributed by atoms with Gasteiger partial charge in [-0.25, -0.2) is 0 Å². The van der Waals surface area contributed by atoms with E-state index in [1.165, 1.54) is 35.3 Å². The lowest BCUT2D eigenvalue weighted by atomic mass is 9.92. The van der Waals surface area contributed by atoms with E-state index in [-0.39, 0.29) is 0 Å². The third kappa shape index (κ3) is 2.87. The zero-order chi connectivity index (χ0) is 16.5. The van der Waals surface area contributed by atoms with Crippen LogP contribution in [0.25, 0.3) is 10.9 Å². The van der Waals surface area contributed by atoms with Crippen LogP contribution in [-0.2, 0) is 19.3 Å². The average molecular weight is 337 g/mol. The zero-order valence-corrected chi connectivity index (χ0v) is 14.7. The summed E-state index contributed by atoms with van der Waals surface area (Å²) in [5.74, 6) is 0. The largest absolute Gasteiger partial charge is 0.355 e. The van der Waals surface area contributed by atoms with Crippen LogP contribution in [0.3, 0.4) is 0 Å². The van der Waals surface area contributed by atoms with E-state index in [1.807, 2.05) is 12.1 Å². The number of nitrogens with zero attached hydrogens (tertiary/aromatic N) is 1. The Hall–Kier alpha value is -2.06. The van der Waals surface area contributed by atoms with Crippen LogP contribution in [-0.4, -0.2) is 4.98 Å². The van der Waals surface area contributed by atoms with Crippen molar-refractivity contribution in [2.75, 3.05) is 5.32 Å². The van der Waals surface area contributed by atoms with Crippen molar-refractivity contribution in [3.63, 3.8) is 0 Å². The first-order valence-electron chi connectivity index (χ1n) is 8.71. The molecule has 0 saturated carbocycles. The summed E-state index contributed by atoms with van der Waals surface area (Å²) in [6, 6.07) is 14.7. The first-order chi connectivity index (χ1) is 11.7. The monoisotopic (exact) mass is 336 g/mol. The number of rotatable bonds is 3. The number of hydrogen-bond donors (Lipinski definition) is 1. The van der Waals surface area contributed by atoms with Crippen LogP contribution < -0.4 is 5.32 Å². The van der Waals surface area contributed by atoms with Gasteiger partial charge in [0.2, 0.25) is 0 Å². The highest BCUT2D eigenvalue weighted by atomic mass is 35.5. The Balaban J connectivity index is 1.84. The minimum atomic E-state index is 0.740. The molecular weight excluding hydrogens is 316 g/mol. The number of anilines is 2. The van der Waals surface area contributed by atoms with Gasteiger partial charge in [-0.15, -0.1) is 0 Å². The molecule has 1 aromatic heterocycles. The smallest absolute Gasteiger partial charge is 0.0741 e. The van der Waals surface area contributed by atoms with E-state index in [1.54, 1.807) is 0 Å². The summed E-state index contributed by atoms with van der Waals surface area (Å²) >= 11 is 6.19. The molecule has 3 heteroatoms. The number of aromatic nitrogens is 1. The molecule has 0 fully saturated rings. The highest BCUT2D eigenvalue weighted by molar-refractivity contribution is 6.31. The minimum absolute atomic E-state index is 0.740. The van der Waals surface area contributed by atoms with E-state index in [0.29, 0.717) is 0 Å². The standard InChI is InChI=1S/C21H21ClN2/c1-2-14-7-10-16(11-8-14)23-21-17-5-3-4-6-19(17)24-20-13-15(22)9-12-18(20)21/h7-13H,2-6H2,1H3,(H,23,24). The number of fused-ring (bicyclic) bond motifs is 2. The summed E-state index contributed by atoms with van der Waals surface area (Å²) in [4.78, 5) is 4.88. The highest BCUT2D eigenvalue weighted by Gasteiger charge is 2.18. The van der Waals surface area contributed by atoms with Crippen LogP contribution in [0.5, 0.6) is 0 Å². The number of nitrogens with one attached hydrogen (secondary N) is 1. The summed E-state index contributed by atoms with van der Waals surface area (Å²) in [5.41, 5.74) is 7.27. The molecule has 2 nitrogen and oxygen atoms in total. The summed E-state index contributed by atoms with van der Waals surface area (Å²) < 4.78 is 0. The Labute approximate surface area is 147 Å². The maximum atomic E-state index is 6.19. The molecule has 2 aromatic carbocycles. The van der Waals surface area contributed by atoms with Gasteiger partial charge >= 0.3 is 0 Å². The second-order valence-electron chi connectivity index (χ2n) is 6.46. The average Bonchev–Trinajstić information content (AvgIpc) is 2.62. The lowest BCUT2D eigenvalue weighted by Gasteiger charge is -2.22. The zero-order valence-electron chi connectivity index (χ0n) is 13.9. The van der Waals surface area contributed by atoms with Gasteiger partial charge in [0.1, 0.15) is 0 Å². The molecule has 0 amide bonds. The van der Waals surface area contributed by atoms with Crippen molar-refractivity contribution in [2.45, 2.75) is 39.0 Å². The Morgan fingerprint density at radius 3 is 2.62 bits per heavy atom. The fraction of sp³-hybridized carbons (Fsp3) is 0.286. The number of pyridine rings is 1. The van der Waals surface area contributed by atoms with Crippen LogP contribution in [0.4, 0.5) is 11.4 Å². The summed E-state index contributed by atoms with van der Waals surface area (Å²) in [6.45, 7) is 2.18. The Bertz CT molecular complexity index is 884. The molecule has 4 rings (SSSR count). The maximum absolute atomic E-state index is 6.19. The molecule has 1 heterocycles. The first-order valence-corrected chi connectivity index (χ1v) is 9.09. The van der Waals surface area contributed by atoms with Gasteiger partial charge in [0.15, 0.2) is 0 Å². The van der Waals surface area contributed by atoms with Gasteiger partial charge in [-0.3, -0.25) is 4.98 Å². The number of benzene rings is 2. The van der Waals surface area contributed by atoms with Crippen LogP contribution in [0, 0.1) is 0 Å². The van der Waals surface area contributed by atoms with Gasteiger partial charge in [0.25, 0.3) is 0 Å².